The summed E-state index contributed by atoms with van der Waals surface area (Å²) in [5.74, 6) is -0.463. The van der Waals surface area contributed by atoms with Crippen molar-refractivity contribution in [3.63, 3.8) is 0 Å². The molecule has 0 radical (unpaired) electrons. The van der Waals surface area contributed by atoms with Crippen molar-refractivity contribution < 1.29 is 8.82 Å². The molecule has 1 fully saturated rings. The van der Waals surface area contributed by atoms with Crippen LogP contribution < -0.4 is 5.32 Å². The minimum absolute atomic E-state index is 0.0642. The third-order valence-corrected chi connectivity index (χ3v) is 10.3. The quantitative estimate of drug-likeness (QED) is 0.760. The average molecular weight is 378 g/mol. The zero-order chi connectivity index (χ0) is 19.5. The van der Waals surface area contributed by atoms with Gasteiger partial charge in [-0.2, -0.15) is 5.26 Å². The molecule has 0 bridgehead atoms. The summed E-state index contributed by atoms with van der Waals surface area (Å²) in [7, 11) is 0.152. The van der Waals surface area contributed by atoms with Crippen molar-refractivity contribution in [2.24, 2.45) is 0 Å². The normalized spacial score (nSPS) is 20.2. The number of likely N-dealkylation sites (tertiary alicyclic amines) is 1. The minimum Gasteiger partial charge on any atom is -0.413 e. The molecule has 4 nitrogen and oxygen atoms in total. The van der Waals surface area contributed by atoms with Crippen LogP contribution in [0.15, 0.2) is 18.2 Å². The summed E-state index contributed by atoms with van der Waals surface area (Å²) >= 11 is 0. The van der Waals surface area contributed by atoms with Gasteiger partial charge in [-0.15, -0.1) is 0 Å². The minimum atomic E-state index is -1.75. The molecule has 0 spiro atoms. The maximum Gasteiger partial charge on any atom is 0.192 e. The number of likely N-dealkylation sites (N-methyl/N-ethyl adjacent to an activating group) is 1. The lowest BCUT2D eigenvalue weighted by Crippen LogP contribution is -2.44. The van der Waals surface area contributed by atoms with Gasteiger partial charge < -0.3 is 9.74 Å². The van der Waals surface area contributed by atoms with Crippen molar-refractivity contribution in [3.8, 4) is 6.07 Å². The van der Waals surface area contributed by atoms with Crippen LogP contribution in [0.5, 0.6) is 0 Å². The van der Waals surface area contributed by atoms with E-state index in [9.17, 15) is 4.39 Å². The summed E-state index contributed by atoms with van der Waals surface area (Å²) in [6.07, 6.45) is 1.34. The van der Waals surface area contributed by atoms with Gasteiger partial charge in [0.25, 0.3) is 0 Å². The Kier molecular flexibility index (Phi) is 6.62. The van der Waals surface area contributed by atoms with E-state index in [4.69, 9.17) is 9.69 Å². The first-order valence-corrected chi connectivity index (χ1v) is 12.2. The summed E-state index contributed by atoms with van der Waals surface area (Å²) in [6.45, 7) is 14.2. The van der Waals surface area contributed by atoms with Gasteiger partial charge >= 0.3 is 0 Å². The maximum absolute atomic E-state index is 13.6. The number of nitrogens with zero attached hydrogens (tertiary/aromatic N) is 2. The van der Waals surface area contributed by atoms with Gasteiger partial charge in [0.05, 0.1) is 11.7 Å². The van der Waals surface area contributed by atoms with Crippen molar-refractivity contribution in [1.29, 1.82) is 5.26 Å². The van der Waals surface area contributed by atoms with Crippen LogP contribution in [0.4, 0.5) is 4.39 Å². The molecule has 0 aliphatic carbocycles. The molecule has 6 heteroatoms. The summed E-state index contributed by atoms with van der Waals surface area (Å²) < 4.78 is 20.1. The van der Waals surface area contributed by atoms with E-state index in [1.165, 1.54) is 6.07 Å². The Balaban J connectivity index is 1.99. The first kappa shape index (κ1) is 21.0. The van der Waals surface area contributed by atoms with Crippen LogP contribution in [-0.4, -0.2) is 46.0 Å². The second kappa shape index (κ2) is 8.18. The fourth-order valence-corrected chi connectivity index (χ4v) is 4.50. The number of nitrogens with one attached hydrogen (secondary N) is 1. The van der Waals surface area contributed by atoms with Crippen LogP contribution >= 0.6 is 0 Å². The predicted octanol–water partition coefficient (Wildman–Crippen LogP) is 4.05. The number of halogens is 1. The van der Waals surface area contributed by atoms with Crippen LogP contribution in [0.25, 0.3) is 0 Å². The highest BCUT2D eigenvalue weighted by atomic mass is 28.4. The van der Waals surface area contributed by atoms with E-state index in [0.717, 1.165) is 31.6 Å². The van der Waals surface area contributed by atoms with Crippen molar-refractivity contribution >= 4 is 8.32 Å². The second-order valence-corrected chi connectivity index (χ2v) is 13.5. The molecule has 1 aromatic carbocycles. The summed E-state index contributed by atoms with van der Waals surface area (Å²) in [5, 5.41) is 12.6. The number of benzene rings is 1. The molecular weight excluding hydrogens is 345 g/mol. The lowest BCUT2D eigenvalue weighted by atomic mass is 10.0. The van der Waals surface area contributed by atoms with Crippen molar-refractivity contribution in [2.45, 2.75) is 57.5 Å². The Labute approximate surface area is 158 Å². The van der Waals surface area contributed by atoms with Crippen LogP contribution in [0.3, 0.4) is 0 Å². The summed E-state index contributed by atoms with van der Waals surface area (Å²) in [4.78, 5) is 2.40. The Morgan fingerprint density at radius 1 is 1.42 bits per heavy atom. The summed E-state index contributed by atoms with van der Waals surface area (Å²) in [5.41, 5.74) is 1.04. The van der Waals surface area contributed by atoms with Gasteiger partial charge in [0, 0.05) is 25.7 Å². The van der Waals surface area contributed by atoms with E-state index >= 15 is 0 Å². The monoisotopic (exact) mass is 377 g/mol. The number of nitriles is 1. The fourth-order valence-electron chi connectivity index (χ4n) is 3.12. The lowest BCUT2D eigenvalue weighted by molar-refractivity contribution is 0.177. The molecule has 2 rings (SSSR count). The fraction of sp³-hybridized carbons (Fsp3) is 0.650. The van der Waals surface area contributed by atoms with E-state index in [0.29, 0.717) is 0 Å². The van der Waals surface area contributed by atoms with E-state index < -0.39 is 14.1 Å². The molecule has 2 atom stereocenters. The van der Waals surface area contributed by atoms with E-state index in [1.807, 2.05) is 13.1 Å². The van der Waals surface area contributed by atoms with Gasteiger partial charge in [-0.1, -0.05) is 26.8 Å². The molecule has 0 saturated carbocycles. The molecule has 144 valence electrons. The van der Waals surface area contributed by atoms with Crippen molar-refractivity contribution in [2.75, 3.05) is 26.7 Å². The van der Waals surface area contributed by atoms with E-state index in [2.05, 4.69) is 44.1 Å². The predicted molar refractivity (Wildman–Crippen MR) is 106 cm³/mol. The van der Waals surface area contributed by atoms with Gasteiger partial charge in [-0.3, -0.25) is 4.90 Å². The highest BCUT2D eigenvalue weighted by Gasteiger charge is 2.40. The Hall–Kier alpha value is -1.26. The van der Waals surface area contributed by atoms with E-state index in [-0.39, 0.29) is 22.7 Å². The average Bonchev–Trinajstić information content (AvgIpc) is 2.98. The molecular formula is C20H32FN3OSi. The molecule has 1 aromatic rings. The lowest BCUT2D eigenvalue weighted by Gasteiger charge is -2.38. The van der Waals surface area contributed by atoms with Crippen LogP contribution in [-0.2, 0) is 4.43 Å². The topological polar surface area (TPSA) is 48.3 Å². The van der Waals surface area contributed by atoms with Gasteiger partial charge in [0.2, 0.25) is 0 Å². The Bertz CT molecular complexity index is 666. The standard InChI is InChI=1S/C20H32FN3OSi/c1-20(2,3)26(5,6)25-17-9-10-24(13-17)14-19(23-4)15-7-8-18(21)16(11-15)12-22/h7-8,11,17,19,23H,9-10,13-14H2,1-6H3/t17-,19-/m1/s1. The number of hydrogen-bond donors (Lipinski definition) is 1. The zero-order valence-corrected chi connectivity index (χ0v) is 17.9. The Morgan fingerprint density at radius 3 is 2.69 bits per heavy atom. The molecule has 26 heavy (non-hydrogen) atoms. The number of rotatable bonds is 6. The molecule has 1 heterocycles. The third kappa shape index (κ3) is 4.92. The highest BCUT2D eigenvalue weighted by molar-refractivity contribution is 6.74. The Morgan fingerprint density at radius 2 is 2.12 bits per heavy atom. The number of hydrogen-bond acceptors (Lipinski definition) is 4. The molecule has 0 unspecified atom stereocenters. The summed E-state index contributed by atoms with van der Waals surface area (Å²) in [6, 6.07) is 6.78. The van der Waals surface area contributed by atoms with Gasteiger partial charge in [0.1, 0.15) is 11.9 Å². The largest absolute Gasteiger partial charge is 0.413 e. The van der Waals surface area contributed by atoms with E-state index in [1.54, 1.807) is 12.1 Å². The first-order chi connectivity index (χ1) is 12.1. The van der Waals surface area contributed by atoms with Crippen LogP contribution in [0.2, 0.25) is 18.1 Å². The third-order valence-electron chi connectivity index (χ3n) is 5.80. The van der Waals surface area contributed by atoms with Gasteiger partial charge in [-0.05, 0) is 49.3 Å². The van der Waals surface area contributed by atoms with Crippen molar-refractivity contribution in [3.05, 3.63) is 35.1 Å². The van der Waals surface area contributed by atoms with Crippen molar-refractivity contribution in [1.82, 2.24) is 10.2 Å². The maximum atomic E-state index is 13.6. The first-order valence-electron chi connectivity index (χ1n) is 9.34. The highest BCUT2D eigenvalue weighted by Crippen LogP contribution is 2.38. The molecule has 1 saturated heterocycles. The smallest absolute Gasteiger partial charge is 0.192 e. The molecule has 0 amide bonds. The molecule has 1 aliphatic rings. The molecule has 1 N–H and O–H groups in total. The zero-order valence-electron chi connectivity index (χ0n) is 16.9. The molecule has 0 aromatic heterocycles. The SMILES string of the molecule is CN[C@H](CN1CC[C@@H](O[Si](C)(C)C(C)(C)C)C1)c1ccc(F)c(C#N)c1. The van der Waals surface area contributed by atoms with Gasteiger partial charge in [-0.25, -0.2) is 4.39 Å². The molecule has 1 aliphatic heterocycles. The van der Waals surface area contributed by atoms with Crippen LogP contribution in [0.1, 0.15) is 44.4 Å². The second-order valence-electron chi connectivity index (χ2n) is 8.74. The van der Waals surface area contributed by atoms with Crippen LogP contribution in [0, 0.1) is 17.1 Å². The van der Waals surface area contributed by atoms with Gasteiger partial charge in [0.15, 0.2) is 8.32 Å².